The number of hydrogen-bond acceptors (Lipinski definition) is 5. The Morgan fingerprint density at radius 1 is 0.943 bits per heavy atom. The van der Waals surface area contributed by atoms with E-state index in [1.807, 2.05) is 36.4 Å². The van der Waals surface area contributed by atoms with Gasteiger partial charge >= 0.3 is 0 Å². The molecule has 5 aromatic rings. The van der Waals surface area contributed by atoms with Gasteiger partial charge in [-0.15, -0.1) is 10.2 Å². The van der Waals surface area contributed by atoms with E-state index in [4.69, 9.17) is 16.6 Å². The van der Waals surface area contributed by atoms with Crippen LogP contribution >= 0.6 is 12.2 Å². The summed E-state index contributed by atoms with van der Waals surface area (Å²) in [5.41, 5.74) is 3.50. The van der Waals surface area contributed by atoms with Gasteiger partial charge in [0.15, 0.2) is 5.11 Å². The Bertz CT molecular complexity index is 1540. The Kier molecular flexibility index (Phi) is 6.15. The first kappa shape index (κ1) is 22.2. The Labute approximate surface area is 204 Å². The summed E-state index contributed by atoms with van der Waals surface area (Å²) in [7, 11) is 0. The van der Waals surface area contributed by atoms with Gasteiger partial charge in [-0.3, -0.25) is 10.1 Å². The summed E-state index contributed by atoms with van der Waals surface area (Å²) in [5, 5.41) is 14.5. The van der Waals surface area contributed by atoms with Gasteiger partial charge in [0, 0.05) is 17.3 Å². The maximum atomic E-state index is 13.2. The number of benzene rings is 3. The van der Waals surface area contributed by atoms with E-state index in [1.54, 1.807) is 42.5 Å². The number of carbonyl (C=O) groups excluding carboxylic acids is 1. The van der Waals surface area contributed by atoms with Gasteiger partial charge in [-0.25, -0.2) is 4.39 Å². The fourth-order valence-electron chi connectivity index (χ4n) is 3.36. The number of aromatic nitrogens is 3. The smallest absolute Gasteiger partial charge is 0.250 e. The Morgan fingerprint density at radius 2 is 1.71 bits per heavy atom. The van der Waals surface area contributed by atoms with E-state index in [1.165, 1.54) is 23.0 Å². The highest BCUT2D eigenvalue weighted by atomic mass is 32.1. The molecule has 2 heterocycles. The van der Waals surface area contributed by atoms with E-state index in [9.17, 15) is 9.18 Å². The molecule has 35 heavy (non-hydrogen) atoms. The van der Waals surface area contributed by atoms with Crippen molar-refractivity contribution in [3.8, 4) is 17.0 Å². The number of hydrogen-bond donors (Lipinski definition) is 2. The van der Waals surface area contributed by atoms with E-state index < -0.39 is 5.91 Å². The highest BCUT2D eigenvalue weighted by Gasteiger charge is 2.08. The Balaban J connectivity index is 1.20. The van der Waals surface area contributed by atoms with Crippen LogP contribution in [0.2, 0.25) is 0 Å². The quantitative estimate of drug-likeness (QED) is 0.259. The molecule has 1 amide bonds. The zero-order valence-electron chi connectivity index (χ0n) is 18.2. The number of anilines is 1. The minimum atomic E-state index is -0.400. The fourth-order valence-corrected chi connectivity index (χ4v) is 3.57. The highest BCUT2D eigenvalue weighted by Crippen LogP contribution is 2.22. The first-order valence-corrected chi connectivity index (χ1v) is 11.0. The number of nitrogens with zero attached hydrogens (tertiary/aromatic N) is 3. The molecule has 0 aliphatic heterocycles. The average Bonchev–Trinajstić information content (AvgIpc) is 3.51. The summed E-state index contributed by atoms with van der Waals surface area (Å²) >= 11 is 5.25. The van der Waals surface area contributed by atoms with Gasteiger partial charge in [-0.1, -0.05) is 30.3 Å². The van der Waals surface area contributed by atoms with Crippen LogP contribution < -0.4 is 10.6 Å². The number of thiocarbonyl (C=S) groups is 1. The molecule has 0 saturated heterocycles. The van der Waals surface area contributed by atoms with Crippen LogP contribution in [0.4, 0.5) is 10.1 Å². The van der Waals surface area contributed by atoms with Gasteiger partial charge < -0.3 is 9.73 Å². The van der Waals surface area contributed by atoms with Crippen molar-refractivity contribution in [1.82, 2.24) is 20.3 Å². The predicted octanol–water partition coefficient (Wildman–Crippen LogP) is 5.35. The monoisotopic (exact) mass is 483 g/mol. The third kappa shape index (κ3) is 5.31. The third-order valence-electron chi connectivity index (χ3n) is 5.02. The van der Waals surface area contributed by atoms with Crippen LogP contribution in [0.25, 0.3) is 34.1 Å². The molecular weight excluding hydrogens is 465 g/mol. The number of furan rings is 1. The topological polar surface area (TPSA) is 85.0 Å². The molecule has 0 fully saturated rings. The van der Waals surface area contributed by atoms with Gasteiger partial charge in [0.25, 0.3) is 0 Å². The van der Waals surface area contributed by atoms with E-state index in [-0.39, 0.29) is 10.9 Å². The molecule has 0 atom stereocenters. The number of rotatable bonds is 5. The Hall–Kier alpha value is -4.63. The third-order valence-corrected chi connectivity index (χ3v) is 5.22. The minimum Gasteiger partial charge on any atom is -0.457 e. The van der Waals surface area contributed by atoms with E-state index in [0.717, 1.165) is 11.3 Å². The number of halogens is 1. The second-order valence-corrected chi connectivity index (χ2v) is 7.92. The summed E-state index contributed by atoms with van der Waals surface area (Å²) < 4.78 is 18.9. The predicted molar refractivity (Wildman–Crippen MR) is 136 cm³/mol. The van der Waals surface area contributed by atoms with E-state index >= 15 is 0 Å². The molecule has 172 valence electrons. The van der Waals surface area contributed by atoms with Crippen LogP contribution in [0, 0.1) is 5.82 Å². The molecule has 0 saturated carbocycles. The van der Waals surface area contributed by atoms with Crippen molar-refractivity contribution in [2.45, 2.75) is 0 Å². The Morgan fingerprint density at radius 3 is 2.51 bits per heavy atom. The molecule has 0 aliphatic carbocycles. The van der Waals surface area contributed by atoms with Crippen molar-refractivity contribution in [2.24, 2.45) is 0 Å². The lowest BCUT2D eigenvalue weighted by Crippen LogP contribution is -2.32. The standard InChI is InChI=1S/C26H18FN5O2S/c27-18-6-9-20(10-7-18)32-30-22-13-8-19(16-23(22)31-32)28-26(35)29-25(33)15-12-21-11-14-24(34-21)17-4-2-1-3-5-17/h1-16H,(H2,28,29,33,35)/b15-12+. The van der Waals surface area contributed by atoms with Crippen LogP contribution in [0.3, 0.4) is 0 Å². The largest absolute Gasteiger partial charge is 0.457 e. The number of nitrogens with one attached hydrogen (secondary N) is 2. The van der Waals surface area contributed by atoms with Crippen molar-refractivity contribution in [3.05, 3.63) is 103 Å². The summed E-state index contributed by atoms with van der Waals surface area (Å²) in [4.78, 5) is 13.7. The molecule has 9 heteroatoms. The first-order valence-electron chi connectivity index (χ1n) is 10.6. The number of amides is 1. The van der Waals surface area contributed by atoms with Crippen LogP contribution in [-0.2, 0) is 4.79 Å². The molecule has 5 rings (SSSR count). The molecule has 2 N–H and O–H groups in total. The SMILES string of the molecule is O=C(/C=C/c1ccc(-c2ccccc2)o1)NC(=S)Nc1ccc2nn(-c3ccc(F)cc3)nc2c1. The highest BCUT2D eigenvalue weighted by molar-refractivity contribution is 7.80. The number of carbonyl (C=O) groups is 1. The van der Waals surface area contributed by atoms with Gasteiger partial charge in [0.1, 0.15) is 28.4 Å². The maximum Gasteiger partial charge on any atom is 0.250 e. The molecule has 0 aliphatic rings. The summed E-state index contributed by atoms with van der Waals surface area (Å²) in [6.07, 6.45) is 2.92. The van der Waals surface area contributed by atoms with Crippen molar-refractivity contribution >= 4 is 46.0 Å². The van der Waals surface area contributed by atoms with Crippen LogP contribution in [0.5, 0.6) is 0 Å². The lowest BCUT2D eigenvalue weighted by Gasteiger charge is -2.07. The molecule has 7 nitrogen and oxygen atoms in total. The lowest BCUT2D eigenvalue weighted by molar-refractivity contribution is -0.115. The van der Waals surface area contributed by atoms with Crippen molar-refractivity contribution in [1.29, 1.82) is 0 Å². The van der Waals surface area contributed by atoms with Crippen LogP contribution in [0.1, 0.15) is 5.76 Å². The normalized spacial score (nSPS) is 11.1. The van der Waals surface area contributed by atoms with E-state index in [2.05, 4.69) is 20.8 Å². The van der Waals surface area contributed by atoms with Crippen molar-refractivity contribution in [2.75, 3.05) is 5.32 Å². The molecule has 0 unspecified atom stereocenters. The summed E-state index contributed by atoms with van der Waals surface area (Å²) in [5.74, 6) is 0.536. The van der Waals surface area contributed by atoms with Crippen LogP contribution in [0.15, 0.2) is 95.4 Å². The minimum absolute atomic E-state index is 0.134. The zero-order chi connectivity index (χ0) is 24.2. The molecule has 0 radical (unpaired) electrons. The van der Waals surface area contributed by atoms with Gasteiger partial charge in [0.2, 0.25) is 5.91 Å². The van der Waals surface area contributed by atoms with Gasteiger partial charge in [0.05, 0.1) is 5.69 Å². The molecular formula is C26H18FN5O2S. The molecule has 3 aromatic carbocycles. The maximum absolute atomic E-state index is 13.2. The van der Waals surface area contributed by atoms with Crippen molar-refractivity contribution < 1.29 is 13.6 Å². The molecule has 0 bridgehead atoms. The van der Waals surface area contributed by atoms with Gasteiger partial charge in [-0.05, 0) is 72.9 Å². The molecule has 0 spiro atoms. The van der Waals surface area contributed by atoms with Gasteiger partial charge in [-0.2, -0.15) is 4.80 Å². The molecule has 2 aromatic heterocycles. The first-order chi connectivity index (χ1) is 17.0. The van der Waals surface area contributed by atoms with Crippen LogP contribution in [-0.4, -0.2) is 26.0 Å². The number of fused-ring (bicyclic) bond motifs is 1. The summed E-state index contributed by atoms with van der Waals surface area (Å²) in [6, 6.07) is 24.5. The average molecular weight is 484 g/mol. The second kappa shape index (κ2) is 9.70. The van der Waals surface area contributed by atoms with E-state index in [0.29, 0.717) is 28.2 Å². The fraction of sp³-hybridized carbons (Fsp3) is 0. The second-order valence-electron chi connectivity index (χ2n) is 7.51. The van der Waals surface area contributed by atoms with Crippen molar-refractivity contribution in [3.63, 3.8) is 0 Å². The lowest BCUT2D eigenvalue weighted by atomic mass is 10.2. The zero-order valence-corrected chi connectivity index (χ0v) is 19.0. The summed E-state index contributed by atoms with van der Waals surface area (Å²) in [6.45, 7) is 0.